The molecule has 4 rings (SSSR count). The van der Waals surface area contributed by atoms with Crippen molar-refractivity contribution in [3.63, 3.8) is 0 Å². The minimum Gasteiger partial charge on any atom is -0.493 e. The maximum atomic E-state index is 6.29. The summed E-state index contributed by atoms with van der Waals surface area (Å²) in [4.78, 5) is 14.0. The van der Waals surface area contributed by atoms with Crippen molar-refractivity contribution in [3.8, 4) is 11.5 Å². The van der Waals surface area contributed by atoms with Crippen LogP contribution in [0.2, 0.25) is 5.28 Å². The molecule has 7 heteroatoms. The van der Waals surface area contributed by atoms with Gasteiger partial charge in [0.05, 0.1) is 19.7 Å². The maximum Gasteiger partial charge on any atom is 0.224 e. The smallest absolute Gasteiger partial charge is 0.224 e. The number of anilines is 1. The van der Waals surface area contributed by atoms with Crippen LogP contribution in [0.3, 0.4) is 0 Å². The Balaban J connectivity index is 1.54. The Hall–Kier alpha value is -1.79. The van der Waals surface area contributed by atoms with Crippen LogP contribution in [0.5, 0.6) is 11.5 Å². The SMILES string of the molecule is COc1cc2nc(Cl)nc(N(C)C3CCN(C4CCCCCC4)CC3)c2cc1OC. The number of fused-ring (bicyclic) bond motifs is 1. The molecule has 1 saturated carbocycles. The van der Waals surface area contributed by atoms with Crippen LogP contribution in [0.1, 0.15) is 51.4 Å². The molecule has 1 aromatic heterocycles. The predicted molar refractivity (Wildman–Crippen MR) is 122 cm³/mol. The van der Waals surface area contributed by atoms with E-state index in [0.29, 0.717) is 17.5 Å². The first-order valence-corrected chi connectivity index (χ1v) is 11.5. The van der Waals surface area contributed by atoms with Crippen molar-refractivity contribution in [2.75, 3.05) is 39.3 Å². The van der Waals surface area contributed by atoms with Gasteiger partial charge in [-0.25, -0.2) is 4.98 Å². The number of aromatic nitrogens is 2. The molecule has 0 radical (unpaired) electrons. The first-order chi connectivity index (χ1) is 14.6. The lowest BCUT2D eigenvalue weighted by molar-refractivity contribution is 0.138. The molecular weight excluding hydrogens is 400 g/mol. The normalized spacial score (nSPS) is 19.6. The van der Waals surface area contributed by atoms with E-state index in [1.807, 2.05) is 12.1 Å². The van der Waals surface area contributed by atoms with Crippen LogP contribution in [0.4, 0.5) is 5.82 Å². The van der Waals surface area contributed by atoms with Crippen LogP contribution in [-0.2, 0) is 0 Å². The largest absolute Gasteiger partial charge is 0.493 e. The topological polar surface area (TPSA) is 50.7 Å². The van der Waals surface area contributed by atoms with E-state index >= 15 is 0 Å². The fraction of sp³-hybridized carbons (Fsp3) is 0.652. The van der Waals surface area contributed by atoms with Crippen LogP contribution in [0.25, 0.3) is 10.9 Å². The summed E-state index contributed by atoms with van der Waals surface area (Å²) in [6.07, 6.45) is 10.6. The minimum absolute atomic E-state index is 0.257. The van der Waals surface area contributed by atoms with Crippen molar-refractivity contribution in [2.24, 2.45) is 0 Å². The molecule has 2 fully saturated rings. The van der Waals surface area contributed by atoms with Crippen LogP contribution in [0.15, 0.2) is 12.1 Å². The first kappa shape index (κ1) is 21.4. The average Bonchev–Trinajstić information content (AvgIpc) is 3.07. The van der Waals surface area contributed by atoms with Crippen LogP contribution < -0.4 is 14.4 Å². The third-order valence-corrected chi connectivity index (χ3v) is 7.04. The quantitative estimate of drug-likeness (QED) is 0.493. The number of nitrogens with zero attached hydrogens (tertiary/aromatic N) is 4. The number of piperidine rings is 1. The van der Waals surface area contributed by atoms with E-state index in [1.54, 1.807) is 14.2 Å². The second-order valence-electron chi connectivity index (χ2n) is 8.56. The van der Waals surface area contributed by atoms with E-state index in [4.69, 9.17) is 21.1 Å². The van der Waals surface area contributed by atoms with E-state index in [1.165, 1.54) is 38.5 Å². The van der Waals surface area contributed by atoms with Gasteiger partial charge < -0.3 is 19.3 Å². The van der Waals surface area contributed by atoms with Crippen molar-refractivity contribution in [1.82, 2.24) is 14.9 Å². The summed E-state index contributed by atoms with van der Waals surface area (Å²) in [5.74, 6) is 2.18. The Labute approximate surface area is 184 Å². The molecule has 0 amide bonds. The molecule has 0 spiro atoms. The van der Waals surface area contributed by atoms with E-state index < -0.39 is 0 Å². The summed E-state index contributed by atoms with van der Waals surface area (Å²) < 4.78 is 10.9. The van der Waals surface area contributed by atoms with E-state index in [0.717, 1.165) is 48.7 Å². The average molecular weight is 433 g/mol. The zero-order valence-electron chi connectivity index (χ0n) is 18.4. The van der Waals surface area contributed by atoms with Gasteiger partial charge in [-0.15, -0.1) is 0 Å². The summed E-state index contributed by atoms with van der Waals surface area (Å²) in [5, 5.41) is 1.19. The van der Waals surface area contributed by atoms with Gasteiger partial charge >= 0.3 is 0 Å². The van der Waals surface area contributed by atoms with Gasteiger partial charge in [0.2, 0.25) is 5.28 Å². The van der Waals surface area contributed by atoms with Crippen LogP contribution in [0, 0.1) is 0 Å². The Morgan fingerprint density at radius 1 is 0.933 bits per heavy atom. The van der Waals surface area contributed by atoms with Crippen LogP contribution >= 0.6 is 11.6 Å². The van der Waals surface area contributed by atoms with Crippen LogP contribution in [-0.4, -0.2) is 61.3 Å². The molecule has 1 saturated heterocycles. The number of hydrogen-bond donors (Lipinski definition) is 0. The molecule has 1 aromatic carbocycles. The van der Waals surface area contributed by atoms with E-state index in [-0.39, 0.29) is 5.28 Å². The van der Waals surface area contributed by atoms with Crippen molar-refractivity contribution < 1.29 is 9.47 Å². The number of hydrogen-bond acceptors (Lipinski definition) is 6. The number of ether oxygens (including phenoxy) is 2. The number of rotatable bonds is 5. The highest BCUT2D eigenvalue weighted by atomic mass is 35.5. The summed E-state index contributed by atoms with van der Waals surface area (Å²) in [7, 11) is 5.40. The van der Waals surface area contributed by atoms with Crippen molar-refractivity contribution in [3.05, 3.63) is 17.4 Å². The highest BCUT2D eigenvalue weighted by Crippen LogP contribution is 2.37. The Morgan fingerprint density at radius 3 is 2.20 bits per heavy atom. The zero-order valence-corrected chi connectivity index (χ0v) is 19.1. The second-order valence-corrected chi connectivity index (χ2v) is 8.90. The van der Waals surface area contributed by atoms with E-state index in [9.17, 15) is 0 Å². The predicted octanol–water partition coefficient (Wildman–Crippen LogP) is 4.92. The van der Waals surface area contributed by atoms with Gasteiger partial charge in [-0.1, -0.05) is 25.7 Å². The molecule has 2 aromatic rings. The lowest BCUT2D eigenvalue weighted by atomic mass is 9.98. The summed E-state index contributed by atoms with van der Waals surface area (Å²) in [6.45, 7) is 2.32. The first-order valence-electron chi connectivity index (χ1n) is 11.2. The van der Waals surface area contributed by atoms with Gasteiger partial charge in [0.1, 0.15) is 5.82 Å². The maximum absolute atomic E-state index is 6.29. The summed E-state index contributed by atoms with van der Waals surface area (Å²) >= 11 is 6.29. The lowest BCUT2D eigenvalue weighted by Crippen LogP contribution is -2.47. The summed E-state index contributed by atoms with van der Waals surface area (Å²) in [5.41, 5.74) is 0.769. The molecule has 1 aliphatic heterocycles. The third kappa shape index (κ3) is 4.45. The molecule has 30 heavy (non-hydrogen) atoms. The zero-order chi connectivity index (χ0) is 21.1. The fourth-order valence-corrected chi connectivity index (χ4v) is 5.29. The lowest BCUT2D eigenvalue weighted by Gasteiger charge is -2.41. The number of methoxy groups -OCH3 is 2. The van der Waals surface area contributed by atoms with Gasteiger partial charge in [0.15, 0.2) is 11.5 Å². The third-order valence-electron chi connectivity index (χ3n) is 6.88. The minimum atomic E-state index is 0.257. The number of likely N-dealkylation sites (tertiary alicyclic amines) is 1. The van der Waals surface area contributed by atoms with Crippen molar-refractivity contribution >= 4 is 28.3 Å². The molecule has 2 aliphatic rings. The molecule has 6 nitrogen and oxygen atoms in total. The van der Waals surface area contributed by atoms with Gasteiger partial charge in [0, 0.05) is 43.7 Å². The molecule has 164 valence electrons. The van der Waals surface area contributed by atoms with Gasteiger partial charge in [-0.3, -0.25) is 0 Å². The fourth-order valence-electron chi connectivity index (χ4n) is 5.11. The summed E-state index contributed by atoms with van der Waals surface area (Å²) in [6, 6.07) is 5.05. The standard InChI is InChI=1S/C23H33ClN4O2/c1-27(16-10-12-28(13-11-16)17-8-6-4-5-7-9-17)22-18-14-20(29-2)21(30-3)15-19(18)25-23(24)26-22/h14-17H,4-13H2,1-3H3. The Morgan fingerprint density at radius 2 is 1.57 bits per heavy atom. The highest BCUT2D eigenvalue weighted by molar-refractivity contribution is 6.28. The van der Waals surface area contributed by atoms with Crippen molar-refractivity contribution in [2.45, 2.75) is 63.5 Å². The molecule has 0 unspecified atom stereocenters. The molecule has 0 atom stereocenters. The molecular formula is C23H33ClN4O2. The molecule has 0 bridgehead atoms. The van der Waals surface area contributed by atoms with Gasteiger partial charge in [-0.2, -0.15) is 4.98 Å². The highest BCUT2D eigenvalue weighted by Gasteiger charge is 2.29. The number of benzene rings is 1. The Bertz CT molecular complexity index is 862. The second kappa shape index (κ2) is 9.56. The number of halogens is 1. The molecule has 1 aliphatic carbocycles. The molecule has 2 heterocycles. The van der Waals surface area contributed by atoms with Crippen molar-refractivity contribution in [1.29, 1.82) is 0 Å². The Kier molecular flexibility index (Phi) is 6.84. The van der Waals surface area contributed by atoms with Gasteiger partial charge in [-0.05, 0) is 43.4 Å². The molecule has 0 N–H and O–H groups in total. The van der Waals surface area contributed by atoms with E-state index in [2.05, 4.69) is 26.8 Å². The monoisotopic (exact) mass is 432 g/mol. The van der Waals surface area contributed by atoms with Gasteiger partial charge in [0.25, 0.3) is 0 Å².